The van der Waals surface area contributed by atoms with Crippen LogP contribution in [0.3, 0.4) is 0 Å². The van der Waals surface area contributed by atoms with Gasteiger partial charge < -0.3 is 30.3 Å². The lowest BCUT2D eigenvalue weighted by Gasteiger charge is -2.34. The summed E-state index contributed by atoms with van der Waals surface area (Å²) in [5.74, 6) is -3.18. The second-order valence-corrected chi connectivity index (χ2v) is 21.4. The third kappa shape index (κ3) is 14.1. The molecule has 1 saturated heterocycles. The second-order valence-electron chi connectivity index (χ2n) is 20.5. The largest absolute Gasteiger partial charge is 0.416 e. The summed E-state index contributed by atoms with van der Waals surface area (Å²) >= 11 is 1.57. The van der Waals surface area contributed by atoms with Crippen LogP contribution in [0.2, 0.25) is 0 Å². The number of nitrogens with one attached hydrogen (secondary N) is 3. The number of alkyl halides is 3. The molecule has 0 radical (unpaired) electrons. The molecular formula is C56H65F3N8O8S. The monoisotopic (exact) mass is 1070 g/mol. The first-order valence-corrected chi connectivity index (χ1v) is 26.3. The summed E-state index contributed by atoms with van der Waals surface area (Å²) in [5, 5.41) is 28.8. The van der Waals surface area contributed by atoms with E-state index in [9.17, 15) is 42.6 Å². The molecule has 4 aromatic carbocycles. The highest BCUT2D eigenvalue weighted by molar-refractivity contribution is 7.13. The number of carbonyl (C=O) groups is 4. The summed E-state index contributed by atoms with van der Waals surface area (Å²) in [6.07, 6.45) is -5.14. The highest BCUT2D eigenvalue weighted by atomic mass is 32.1. The molecule has 8 rings (SSSR count). The van der Waals surface area contributed by atoms with Crippen LogP contribution in [-0.4, -0.2) is 129 Å². The van der Waals surface area contributed by atoms with Crippen LogP contribution in [-0.2, 0) is 49.7 Å². The number of piperazine rings is 1. The molecule has 0 spiro atoms. The van der Waals surface area contributed by atoms with Gasteiger partial charge in [-0.15, -0.1) is 11.3 Å². The van der Waals surface area contributed by atoms with Gasteiger partial charge in [-0.2, -0.15) is 13.2 Å². The molecule has 3 heterocycles. The van der Waals surface area contributed by atoms with Crippen LogP contribution in [0.15, 0.2) is 96.5 Å². The number of halogens is 3. The lowest BCUT2D eigenvalue weighted by molar-refractivity contribution is -0.138. The highest BCUT2D eigenvalue weighted by Gasteiger charge is 2.47. The molecular weight excluding hydrogens is 1000 g/mol. The van der Waals surface area contributed by atoms with Crippen LogP contribution in [0.25, 0.3) is 27.2 Å². The van der Waals surface area contributed by atoms with Gasteiger partial charge in [0.2, 0.25) is 17.8 Å². The summed E-state index contributed by atoms with van der Waals surface area (Å²) in [6, 6.07) is 24.0. The number of rotatable bonds is 21. The van der Waals surface area contributed by atoms with Crippen LogP contribution >= 0.6 is 11.3 Å². The Balaban J connectivity index is 0.756. The van der Waals surface area contributed by atoms with Crippen molar-refractivity contribution in [1.82, 2.24) is 35.0 Å². The van der Waals surface area contributed by atoms with Crippen molar-refractivity contribution in [2.24, 2.45) is 17.3 Å². The number of fused-ring (bicyclic) bond motifs is 1. The van der Waals surface area contributed by atoms with E-state index < -0.39 is 53.0 Å². The zero-order valence-corrected chi connectivity index (χ0v) is 43.9. The molecule has 1 unspecified atom stereocenters. The Hall–Kier alpha value is -6.39. The number of hydrogen-bond acceptors (Lipinski definition) is 13. The van der Waals surface area contributed by atoms with Crippen molar-refractivity contribution >= 4 is 51.8 Å². The molecule has 1 aliphatic heterocycles. The molecule has 5 N–H and O–H groups in total. The van der Waals surface area contributed by atoms with Crippen molar-refractivity contribution in [3.8, 4) is 16.1 Å². The summed E-state index contributed by atoms with van der Waals surface area (Å²) in [5.41, 5.74) is 6.51. The molecule has 4 atom stereocenters. The fourth-order valence-corrected chi connectivity index (χ4v) is 10.6. The van der Waals surface area contributed by atoms with E-state index in [1.165, 1.54) is 12.1 Å². The van der Waals surface area contributed by atoms with Crippen molar-refractivity contribution in [2.45, 2.75) is 78.6 Å². The first-order chi connectivity index (χ1) is 36.3. The molecule has 2 aliphatic rings. The van der Waals surface area contributed by atoms with E-state index in [0.29, 0.717) is 42.0 Å². The molecule has 1 saturated carbocycles. The fourth-order valence-electron chi connectivity index (χ4n) is 9.76. The molecule has 2 fully saturated rings. The van der Waals surface area contributed by atoms with Crippen LogP contribution < -0.4 is 16.0 Å². The molecule has 404 valence electrons. The maximum absolute atomic E-state index is 14.1. The van der Waals surface area contributed by atoms with Crippen molar-refractivity contribution in [3.63, 3.8) is 0 Å². The van der Waals surface area contributed by atoms with E-state index in [1.54, 1.807) is 40.2 Å². The number of Topliss-reactive ketones (excluding diaryl/α,β-unsaturated/α-hetero) is 1. The Morgan fingerprint density at radius 3 is 2.20 bits per heavy atom. The predicted molar refractivity (Wildman–Crippen MR) is 282 cm³/mol. The van der Waals surface area contributed by atoms with Gasteiger partial charge in [-0.05, 0) is 89.9 Å². The Labute approximate surface area is 443 Å². The molecule has 3 amide bonds. The maximum atomic E-state index is 14.1. The Morgan fingerprint density at radius 2 is 1.51 bits per heavy atom. The molecule has 1 aliphatic carbocycles. The van der Waals surface area contributed by atoms with E-state index in [-0.39, 0.29) is 69.0 Å². The van der Waals surface area contributed by atoms with Gasteiger partial charge >= 0.3 is 6.18 Å². The van der Waals surface area contributed by atoms with E-state index in [1.807, 2.05) is 75.7 Å². The van der Waals surface area contributed by atoms with Crippen LogP contribution in [0, 0.1) is 24.2 Å². The van der Waals surface area contributed by atoms with Crippen molar-refractivity contribution < 1.29 is 52.0 Å². The highest BCUT2D eigenvalue weighted by Crippen LogP contribution is 2.37. The zero-order valence-electron chi connectivity index (χ0n) is 43.1. The fraction of sp³-hybridized carbons (Fsp3) is 0.429. The van der Waals surface area contributed by atoms with Gasteiger partial charge in [-0.1, -0.05) is 69.3 Å². The number of aliphatic hydroxyl groups is 2. The summed E-state index contributed by atoms with van der Waals surface area (Å²) in [7, 11) is 0. The third-order valence-electron chi connectivity index (χ3n) is 13.9. The topological polar surface area (TPSA) is 200 Å². The first-order valence-electron chi connectivity index (χ1n) is 25.4. The minimum Gasteiger partial charge on any atom is -0.393 e. The van der Waals surface area contributed by atoms with Gasteiger partial charge in [0, 0.05) is 63.0 Å². The number of aryl methyl sites for hydroxylation is 1. The van der Waals surface area contributed by atoms with Gasteiger partial charge in [-0.3, -0.25) is 38.9 Å². The minimum absolute atomic E-state index is 0.134. The lowest BCUT2D eigenvalue weighted by Crippen LogP contribution is -2.53. The van der Waals surface area contributed by atoms with Crippen molar-refractivity contribution in [3.05, 3.63) is 130 Å². The number of nitrogens with zero attached hydrogens (tertiary/aromatic N) is 5. The number of carbonyl (C=O) groups excluding carboxylic acids is 4. The molecule has 16 nitrogen and oxygen atoms in total. The van der Waals surface area contributed by atoms with E-state index in [0.717, 1.165) is 65.6 Å². The zero-order chi connectivity index (χ0) is 54.1. The number of aromatic nitrogens is 3. The number of ether oxygens (including phenoxy) is 2. The number of ketones is 1. The predicted octanol–water partition coefficient (Wildman–Crippen LogP) is 7.18. The Kier molecular flexibility index (Phi) is 18.2. The Bertz CT molecular complexity index is 2970. The number of imidazole rings is 1. The average molecular weight is 1070 g/mol. The molecule has 76 heavy (non-hydrogen) atoms. The smallest absolute Gasteiger partial charge is 0.393 e. The standard InChI is InChI=1S/C56H65F3N8O8S/c1-35-50(76-34-61-35)39-13-8-36(9-14-39)30-60-53(73)45-29-43(69)28-44(45)49(71)51(55(2,3)4)63-48(70)33-75-25-24-74-23-22-65-18-20-66(21-19-65)31-38-12-17-47-46(26-38)62-54(67(47)42-15-10-37(32-68)11-16-42)64-52(72)40-6-5-7-41(27-40)56(57,58)59/h5-17,26-27,34,43-45,51,68-69H,18-25,28-33H2,1-4H3,(H,60,73)(H,63,70)(H,62,64,72)/t43-,44?,45+,51+/m0/s1. The normalized spacial score (nSPS) is 17.9. The van der Waals surface area contributed by atoms with Crippen molar-refractivity contribution in [2.75, 3.05) is 64.5 Å². The van der Waals surface area contributed by atoms with E-state index in [4.69, 9.17) is 14.5 Å². The first kappa shape index (κ1) is 55.8. The quantitative estimate of drug-likeness (QED) is 0.0456. The van der Waals surface area contributed by atoms with Crippen LogP contribution in [0.4, 0.5) is 19.1 Å². The van der Waals surface area contributed by atoms with Gasteiger partial charge in [0.15, 0.2) is 5.78 Å². The summed E-state index contributed by atoms with van der Waals surface area (Å²) < 4.78 is 53.6. The lowest BCUT2D eigenvalue weighted by atomic mass is 9.77. The van der Waals surface area contributed by atoms with Gasteiger partial charge in [0.1, 0.15) is 6.61 Å². The average Bonchev–Trinajstić information content (AvgIpc) is 4.14. The van der Waals surface area contributed by atoms with Crippen molar-refractivity contribution in [1.29, 1.82) is 0 Å². The maximum Gasteiger partial charge on any atom is 0.416 e. The van der Waals surface area contributed by atoms with Gasteiger partial charge in [0.25, 0.3) is 5.91 Å². The molecule has 0 bridgehead atoms. The summed E-state index contributed by atoms with van der Waals surface area (Å²) in [4.78, 5) is 68.9. The number of hydrogen-bond donors (Lipinski definition) is 5. The number of benzene rings is 4. The minimum atomic E-state index is -4.61. The number of aliphatic hydroxyl groups excluding tert-OH is 2. The summed E-state index contributed by atoms with van der Waals surface area (Å²) in [6.45, 7) is 12.8. The number of thiazole rings is 1. The van der Waals surface area contributed by atoms with Crippen LogP contribution in [0.1, 0.15) is 71.9 Å². The van der Waals surface area contributed by atoms with Gasteiger partial charge in [-0.25, -0.2) is 9.97 Å². The molecule has 2 aromatic heterocycles. The number of anilines is 1. The molecule has 6 aromatic rings. The van der Waals surface area contributed by atoms with E-state index >= 15 is 0 Å². The number of amides is 3. The second kappa shape index (κ2) is 24.7. The van der Waals surface area contributed by atoms with Gasteiger partial charge in [0.05, 0.1) is 77.2 Å². The SMILES string of the molecule is Cc1ncsc1-c1ccc(CNC(=O)[C@@H]2C[C@@H](O)CC2C(=O)[C@@H](NC(=O)COCCOCCN2CCN(Cc3ccc4c(c3)nc(NC(=O)c3cccc(C(F)(F)F)c3)n4-c3ccc(CO)cc3)CC2)C(C)(C)C)cc1. The Morgan fingerprint density at radius 1 is 0.829 bits per heavy atom. The van der Waals surface area contributed by atoms with E-state index in [2.05, 4.69) is 30.7 Å². The molecule has 20 heteroatoms. The van der Waals surface area contributed by atoms with Crippen LogP contribution in [0.5, 0.6) is 0 Å². The third-order valence-corrected chi connectivity index (χ3v) is 14.9.